The van der Waals surface area contributed by atoms with E-state index in [0.717, 1.165) is 15.8 Å². The number of carbonyl (C=O) groups is 1. The number of sulfonamides is 1. The first-order chi connectivity index (χ1) is 16.1. The summed E-state index contributed by atoms with van der Waals surface area (Å²) < 4.78 is 29.0. The summed E-state index contributed by atoms with van der Waals surface area (Å²) in [6, 6.07) is 8.96. The van der Waals surface area contributed by atoms with Crippen molar-refractivity contribution in [1.29, 1.82) is 0 Å². The number of carbonyl (C=O) groups excluding carboxylic acids is 1. The van der Waals surface area contributed by atoms with Gasteiger partial charge in [-0.2, -0.15) is 4.31 Å². The second-order valence-corrected chi connectivity index (χ2v) is 12.3. The van der Waals surface area contributed by atoms with Crippen molar-refractivity contribution >= 4 is 65.8 Å². The fraction of sp³-hybridized carbons (Fsp3) is 0.391. The van der Waals surface area contributed by atoms with E-state index in [-0.39, 0.29) is 17.3 Å². The molecule has 4 rings (SSSR count). The van der Waals surface area contributed by atoms with Crippen molar-refractivity contribution in [2.45, 2.75) is 30.7 Å². The molecule has 0 radical (unpaired) electrons. The van der Waals surface area contributed by atoms with Crippen LogP contribution >= 0.6 is 34.5 Å². The summed E-state index contributed by atoms with van der Waals surface area (Å²) in [5.74, 6) is -0.264. The molecule has 1 aliphatic rings. The van der Waals surface area contributed by atoms with E-state index in [9.17, 15) is 13.2 Å². The molecule has 0 N–H and O–H groups in total. The third kappa shape index (κ3) is 4.96. The highest BCUT2D eigenvalue weighted by atomic mass is 35.5. The molecule has 7 nitrogen and oxygen atoms in total. The molecule has 1 unspecified atom stereocenters. The molecule has 182 valence electrons. The van der Waals surface area contributed by atoms with Crippen molar-refractivity contribution in [3.63, 3.8) is 0 Å². The number of amides is 1. The molecule has 1 saturated heterocycles. The lowest BCUT2D eigenvalue weighted by molar-refractivity contribution is -0.121. The monoisotopic (exact) mass is 540 g/mol. The molecule has 1 amide bonds. The van der Waals surface area contributed by atoms with Crippen LogP contribution in [0.3, 0.4) is 0 Å². The Balaban J connectivity index is 1.70. The number of likely N-dealkylation sites (N-methyl/N-ethyl adjacent to an activating group) is 1. The second-order valence-electron chi connectivity index (χ2n) is 8.54. The van der Waals surface area contributed by atoms with Crippen LogP contribution in [0.5, 0.6) is 0 Å². The number of hydrogen-bond donors (Lipinski definition) is 0. The third-order valence-electron chi connectivity index (χ3n) is 5.91. The van der Waals surface area contributed by atoms with Gasteiger partial charge in [0.25, 0.3) is 0 Å². The molecule has 1 aromatic heterocycles. The van der Waals surface area contributed by atoms with Crippen LogP contribution in [0.2, 0.25) is 10.0 Å². The van der Waals surface area contributed by atoms with Gasteiger partial charge in [-0.15, -0.1) is 0 Å². The molecule has 0 bridgehead atoms. The number of aromatic nitrogens is 1. The molecule has 0 saturated carbocycles. The highest BCUT2D eigenvalue weighted by Gasteiger charge is 2.42. The Hall–Kier alpha value is -1.75. The van der Waals surface area contributed by atoms with Crippen molar-refractivity contribution in [2.24, 2.45) is 0 Å². The first-order valence-corrected chi connectivity index (χ1v) is 13.9. The summed E-state index contributed by atoms with van der Waals surface area (Å²) in [6.07, 6.45) is 1.07. The number of hydrogen-bond acceptors (Lipinski definition) is 6. The van der Waals surface area contributed by atoms with Gasteiger partial charge in [0.1, 0.15) is 6.04 Å². The zero-order valence-corrected chi connectivity index (χ0v) is 22.3. The molecule has 3 aromatic rings. The van der Waals surface area contributed by atoms with Crippen molar-refractivity contribution < 1.29 is 13.2 Å². The van der Waals surface area contributed by atoms with Crippen LogP contribution < -0.4 is 4.90 Å². The molecule has 1 aliphatic heterocycles. The molecule has 1 atom stereocenters. The second kappa shape index (κ2) is 10.1. The molecule has 0 aliphatic carbocycles. The molecule has 11 heteroatoms. The van der Waals surface area contributed by atoms with Crippen molar-refractivity contribution in [2.75, 3.05) is 38.6 Å². The van der Waals surface area contributed by atoms with Crippen molar-refractivity contribution in [3.8, 4) is 0 Å². The van der Waals surface area contributed by atoms with Crippen molar-refractivity contribution in [3.05, 3.63) is 52.0 Å². The zero-order chi connectivity index (χ0) is 24.6. The molecule has 1 fully saturated rings. The van der Waals surface area contributed by atoms with E-state index in [2.05, 4.69) is 0 Å². The first-order valence-electron chi connectivity index (χ1n) is 10.9. The summed E-state index contributed by atoms with van der Waals surface area (Å²) in [7, 11) is 0.00546. The van der Waals surface area contributed by atoms with Gasteiger partial charge in [-0.05, 0) is 75.8 Å². The van der Waals surface area contributed by atoms with Crippen molar-refractivity contribution in [1.82, 2.24) is 14.2 Å². The Morgan fingerprint density at radius 1 is 1.15 bits per heavy atom. The SMILES string of the molecule is Cc1c(Cl)ccc2sc(N(CCN(C)C)C(=O)C3CCCN3S(=O)(=O)c3ccc(Cl)cc3)nc12. The van der Waals surface area contributed by atoms with Crippen LogP contribution in [0.25, 0.3) is 10.2 Å². The smallest absolute Gasteiger partial charge is 0.247 e. The minimum absolute atomic E-state index is 0.127. The van der Waals surface area contributed by atoms with Gasteiger partial charge in [0.05, 0.1) is 15.1 Å². The molecular weight excluding hydrogens is 515 g/mol. The number of rotatable bonds is 7. The first kappa shape index (κ1) is 25.3. The normalized spacial score (nSPS) is 17.1. The van der Waals surface area contributed by atoms with Crippen LogP contribution in [0.1, 0.15) is 18.4 Å². The largest absolute Gasteiger partial charge is 0.308 e. The molecular formula is C23H26Cl2N4O3S2. The van der Waals surface area contributed by atoms with E-state index >= 15 is 0 Å². The van der Waals surface area contributed by atoms with Crippen LogP contribution in [0.15, 0.2) is 41.3 Å². The average molecular weight is 542 g/mol. The zero-order valence-electron chi connectivity index (χ0n) is 19.2. The Kier molecular flexibility index (Phi) is 7.52. The molecule has 0 spiro atoms. The third-order valence-corrected chi connectivity index (χ3v) is 9.54. The fourth-order valence-corrected chi connectivity index (χ4v) is 6.99. The van der Waals surface area contributed by atoms with Gasteiger partial charge in [0.2, 0.25) is 15.9 Å². The fourth-order valence-electron chi connectivity index (χ4n) is 4.00. The van der Waals surface area contributed by atoms with Gasteiger partial charge in [-0.25, -0.2) is 13.4 Å². The summed E-state index contributed by atoms with van der Waals surface area (Å²) in [5, 5.41) is 1.61. The van der Waals surface area contributed by atoms with E-state index in [1.54, 1.807) is 17.0 Å². The Morgan fingerprint density at radius 2 is 1.85 bits per heavy atom. The van der Waals surface area contributed by atoms with Gasteiger partial charge < -0.3 is 4.90 Å². The number of anilines is 1. The average Bonchev–Trinajstić information content (AvgIpc) is 3.45. The Morgan fingerprint density at radius 3 is 2.53 bits per heavy atom. The van der Waals surface area contributed by atoms with Crippen LogP contribution in [-0.4, -0.2) is 68.3 Å². The van der Waals surface area contributed by atoms with E-state index < -0.39 is 16.1 Å². The van der Waals surface area contributed by atoms with Gasteiger partial charge in [0.15, 0.2) is 5.13 Å². The number of nitrogens with zero attached hydrogens (tertiary/aromatic N) is 4. The number of thiazole rings is 1. The molecule has 2 heterocycles. The lowest BCUT2D eigenvalue weighted by atomic mass is 10.2. The van der Waals surface area contributed by atoms with E-state index in [0.29, 0.717) is 41.1 Å². The highest BCUT2D eigenvalue weighted by molar-refractivity contribution is 7.89. The summed E-state index contributed by atoms with van der Waals surface area (Å²) >= 11 is 13.6. The quantitative estimate of drug-likeness (QED) is 0.435. The van der Waals surface area contributed by atoms with E-state index in [1.807, 2.05) is 38.1 Å². The van der Waals surface area contributed by atoms with Gasteiger partial charge in [-0.3, -0.25) is 9.69 Å². The van der Waals surface area contributed by atoms with Gasteiger partial charge in [-0.1, -0.05) is 34.5 Å². The number of benzene rings is 2. The van der Waals surface area contributed by atoms with Gasteiger partial charge >= 0.3 is 0 Å². The lowest BCUT2D eigenvalue weighted by Gasteiger charge is -2.29. The lowest BCUT2D eigenvalue weighted by Crippen LogP contribution is -2.49. The predicted molar refractivity (Wildman–Crippen MR) is 139 cm³/mol. The highest BCUT2D eigenvalue weighted by Crippen LogP contribution is 2.35. The Bertz CT molecular complexity index is 1310. The number of fused-ring (bicyclic) bond motifs is 1. The summed E-state index contributed by atoms with van der Waals surface area (Å²) in [4.78, 5) is 22.3. The topological polar surface area (TPSA) is 73.8 Å². The summed E-state index contributed by atoms with van der Waals surface area (Å²) in [6.45, 7) is 3.19. The Labute approximate surface area is 213 Å². The maximum absolute atomic E-state index is 13.9. The predicted octanol–water partition coefficient (Wildman–Crippen LogP) is 4.66. The standard InChI is InChI=1S/C23H26Cl2N4O3S2/c1-15-18(25)10-11-20-21(15)26-23(33-20)28(14-13-27(2)3)22(30)19-5-4-12-29(19)34(31,32)17-8-6-16(24)7-9-17/h6-11,19H,4-5,12-14H2,1-3H3. The number of aryl methyl sites for hydroxylation is 1. The minimum Gasteiger partial charge on any atom is -0.308 e. The van der Waals surface area contributed by atoms with Crippen LogP contribution in [0, 0.1) is 6.92 Å². The summed E-state index contributed by atoms with van der Waals surface area (Å²) in [5.41, 5.74) is 1.61. The molecule has 2 aromatic carbocycles. The van der Waals surface area contributed by atoms with Crippen LogP contribution in [-0.2, 0) is 14.8 Å². The van der Waals surface area contributed by atoms with E-state index in [1.165, 1.54) is 27.8 Å². The number of halogens is 2. The maximum atomic E-state index is 13.9. The maximum Gasteiger partial charge on any atom is 0.247 e. The molecule has 34 heavy (non-hydrogen) atoms. The van der Waals surface area contributed by atoms with Crippen LogP contribution in [0.4, 0.5) is 5.13 Å². The van der Waals surface area contributed by atoms with Gasteiger partial charge in [0, 0.05) is 29.7 Å². The minimum atomic E-state index is -3.85. The van der Waals surface area contributed by atoms with E-state index in [4.69, 9.17) is 28.2 Å².